The summed E-state index contributed by atoms with van der Waals surface area (Å²) >= 11 is 0. The van der Waals surface area contributed by atoms with Gasteiger partial charge in [0.15, 0.2) is 0 Å². The zero-order chi connectivity index (χ0) is 15.0. The largest absolute Gasteiger partial charge is 0.374 e. The molecule has 0 aliphatic carbocycles. The van der Waals surface area contributed by atoms with Gasteiger partial charge in [0, 0.05) is 6.92 Å². The Morgan fingerprint density at radius 1 is 1.00 bits per heavy atom. The number of anilines is 1. The van der Waals surface area contributed by atoms with Gasteiger partial charge in [-0.2, -0.15) is 0 Å². The van der Waals surface area contributed by atoms with Crippen LogP contribution in [0.2, 0.25) is 0 Å². The van der Waals surface area contributed by atoms with Gasteiger partial charge < -0.3 is 14.6 Å². The number of nitrogens with zero attached hydrogens (tertiary/aromatic N) is 4. The second-order valence-electron chi connectivity index (χ2n) is 5.16. The van der Waals surface area contributed by atoms with Crippen molar-refractivity contribution in [1.82, 2.24) is 4.90 Å². The monoisotopic (exact) mass is 266 g/mol. The molecule has 0 unspecified atom stereocenters. The Labute approximate surface area is 120 Å². The Kier molecular flexibility index (Phi) is 3.42. The highest BCUT2D eigenvalue weighted by Crippen LogP contribution is 2.38. The van der Waals surface area contributed by atoms with Crippen LogP contribution in [-0.4, -0.2) is 18.1 Å². The number of benzene rings is 1. The standard InChI is InChI=1S/C16H18N4/c1-10-8-9-11(2)14(12(10)3)20-13(4)19(7)15(17-5)16(20)18-6/h8-9,13H,1-4,7H3/t13-/m0/s1. The van der Waals surface area contributed by atoms with Crippen molar-refractivity contribution >= 4 is 5.69 Å². The van der Waals surface area contributed by atoms with Crippen LogP contribution >= 0.6 is 0 Å². The van der Waals surface area contributed by atoms with Crippen molar-refractivity contribution in [2.24, 2.45) is 0 Å². The zero-order valence-electron chi connectivity index (χ0n) is 12.5. The fourth-order valence-corrected chi connectivity index (χ4v) is 2.63. The van der Waals surface area contributed by atoms with Crippen molar-refractivity contribution in [3.63, 3.8) is 0 Å². The highest BCUT2D eigenvalue weighted by molar-refractivity contribution is 5.68. The molecular weight excluding hydrogens is 248 g/mol. The number of hydrogen-bond donors (Lipinski definition) is 0. The normalized spacial score (nSPS) is 18.2. The summed E-state index contributed by atoms with van der Waals surface area (Å²) in [6.07, 6.45) is -0.0256. The van der Waals surface area contributed by atoms with Gasteiger partial charge in [0.25, 0.3) is 5.82 Å². The van der Waals surface area contributed by atoms with E-state index in [1.165, 1.54) is 5.56 Å². The van der Waals surface area contributed by atoms with Crippen LogP contribution in [0.15, 0.2) is 23.8 Å². The van der Waals surface area contributed by atoms with Gasteiger partial charge in [0.2, 0.25) is 12.0 Å². The summed E-state index contributed by atoms with van der Waals surface area (Å²) in [6, 6.07) is 4.16. The first-order valence-corrected chi connectivity index (χ1v) is 6.52. The molecule has 2 rings (SSSR count). The molecule has 102 valence electrons. The van der Waals surface area contributed by atoms with Crippen molar-refractivity contribution in [2.75, 3.05) is 11.9 Å². The molecule has 4 heteroatoms. The van der Waals surface area contributed by atoms with E-state index in [2.05, 4.69) is 35.7 Å². The molecule has 20 heavy (non-hydrogen) atoms. The van der Waals surface area contributed by atoms with Crippen molar-refractivity contribution in [1.29, 1.82) is 0 Å². The van der Waals surface area contributed by atoms with E-state index in [0.29, 0.717) is 11.6 Å². The Morgan fingerprint density at radius 2 is 1.55 bits per heavy atom. The van der Waals surface area contributed by atoms with E-state index in [1.54, 1.807) is 0 Å². The molecule has 0 amide bonds. The average Bonchev–Trinajstić information content (AvgIpc) is 2.67. The SMILES string of the molecule is [C-]#[N+]C1=C([N+]#[C-])N(c2c(C)ccc(C)c2C)[C@@H](C)N1C. The second-order valence-corrected chi connectivity index (χ2v) is 5.16. The molecule has 1 aliphatic heterocycles. The summed E-state index contributed by atoms with van der Waals surface area (Å²) in [5.41, 5.74) is 4.54. The molecule has 0 saturated heterocycles. The van der Waals surface area contributed by atoms with Crippen LogP contribution < -0.4 is 4.90 Å². The molecule has 0 aromatic heterocycles. The molecule has 0 spiro atoms. The lowest BCUT2D eigenvalue weighted by Crippen LogP contribution is -2.36. The number of hydrogen-bond acceptors (Lipinski definition) is 2. The average molecular weight is 266 g/mol. The van der Waals surface area contributed by atoms with E-state index in [1.807, 2.05) is 30.7 Å². The van der Waals surface area contributed by atoms with E-state index >= 15 is 0 Å². The Morgan fingerprint density at radius 3 is 2.10 bits per heavy atom. The van der Waals surface area contributed by atoms with Crippen molar-refractivity contribution < 1.29 is 0 Å². The van der Waals surface area contributed by atoms with Crippen LogP contribution in [-0.2, 0) is 0 Å². The molecule has 1 aromatic rings. The lowest BCUT2D eigenvalue weighted by atomic mass is 10.0. The smallest absolute Gasteiger partial charge is 0.253 e. The third-order valence-electron chi connectivity index (χ3n) is 4.05. The van der Waals surface area contributed by atoms with E-state index < -0.39 is 0 Å². The topological polar surface area (TPSA) is 15.2 Å². The van der Waals surface area contributed by atoms with Crippen molar-refractivity contribution in [2.45, 2.75) is 33.9 Å². The fraction of sp³-hybridized carbons (Fsp3) is 0.375. The van der Waals surface area contributed by atoms with Crippen LogP contribution in [0.25, 0.3) is 9.69 Å². The molecule has 1 atom stereocenters. The predicted molar refractivity (Wildman–Crippen MR) is 80.6 cm³/mol. The highest BCUT2D eigenvalue weighted by Gasteiger charge is 2.40. The zero-order valence-corrected chi connectivity index (χ0v) is 12.5. The lowest BCUT2D eigenvalue weighted by molar-refractivity contribution is 0.364. The number of aryl methyl sites for hydroxylation is 2. The quantitative estimate of drug-likeness (QED) is 0.720. The number of rotatable bonds is 1. The minimum Gasteiger partial charge on any atom is -0.374 e. The Hall–Kier alpha value is -2.46. The van der Waals surface area contributed by atoms with E-state index in [0.717, 1.165) is 16.8 Å². The Balaban J connectivity index is 2.71. The van der Waals surface area contributed by atoms with Gasteiger partial charge in [-0.3, -0.25) is 4.90 Å². The predicted octanol–water partition coefficient (Wildman–Crippen LogP) is 3.67. The van der Waals surface area contributed by atoms with E-state index in [4.69, 9.17) is 13.1 Å². The van der Waals surface area contributed by atoms with E-state index in [9.17, 15) is 0 Å². The first-order valence-electron chi connectivity index (χ1n) is 6.52. The van der Waals surface area contributed by atoms with Gasteiger partial charge in [-0.05, 0) is 37.5 Å². The molecular formula is C16H18N4. The minimum atomic E-state index is -0.0256. The maximum absolute atomic E-state index is 7.44. The fourth-order valence-electron chi connectivity index (χ4n) is 2.63. The second kappa shape index (κ2) is 4.90. The minimum absolute atomic E-state index is 0.0256. The Bertz CT molecular complexity index is 673. The third kappa shape index (κ3) is 1.82. The van der Waals surface area contributed by atoms with Gasteiger partial charge >= 0.3 is 0 Å². The molecule has 1 heterocycles. The molecule has 1 aliphatic rings. The summed E-state index contributed by atoms with van der Waals surface area (Å²) in [4.78, 5) is 11.0. The molecule has 0 fully saturated rings. The molecule has 4 nitrogen and oxygen atoms in total. The van der Waals surface area contributed by atoms with Crippen LogP contribution in [0.5, 0.6) is 0 Å². The van der Waals surface area contributed by atoms with Crippen molar-refractivity contribution in [3.8, 4) is 0 Å². The molecule has 0 bridgehead atoms. The summed E-state index contributed by atoms with van der Waals surface area (Å²) in [5.74, 6) is 0.847. The lowest BCUT2D eigenvalue weighted by Gasteiger charge is -2.26. The first kappa shape index (κ1) is 14.0. The van der Waals surface area contributed by atoms with E-state index in [-0.39, 0.29) is 6.17 Å². The summed E-state index contributed by atoms with van der Waals surface area (Å²) in [7, 11) is 1.86. The van der Waals surface area contributed by atoms with Gasteiger partial charge in [-0.1, -0.05) is 25.3 Å². The molecule has 1 aromatic carbocycles. The van der Waals surface area contributed by atoms with Gasteiger partial charge in [0.1, 0.15) is 5.69 Å². The summed E-state index contributed by atoms with van der Waals surface area (Å²) in [5, 5.41) is 0. The summed E-state index contributed by atoms with van der Waals surface area (Å²) < 4.78 is 0. The molecule has 0 N–H and O–H groups in total. The van der Waals surface area contributed by atoms with Crippen LogP contribution in [0, 0.1) is 33.9 Å². The van der Waals surface area contributed by atoms with Crippen LogP contribution in [0.3, 0.4) is 0 Å². The van der Waals surface area contributed by atoms with Crippen LogP contribution in [0.4, 0.5) is 5.69 Å². The first-order chi connectivity index (χ1) is 9.43. The van der Waals surface area contributed by atoms with Gasteiger partial charge in [-0.25, -0.2) is 0 Å². The van der Waals surface area contributed by atoms with Crippen molar-refractivity contribution in [3.05, 3.63) is 63.3 Å². The molecule has 0 radical (unpaired) electrons. The third-order valence-corrected chi connectivity index (χ3v) is 4.05. The highest BCUT2D eigenvalue weighted by atomic mass is 15.5. The molecule has 0 saturated carbocycles. The van der Waals surface area contributed by atoms with Gasteiger partial charge in [0.05, 0.1) is 7.05 Å². The van der Waals surface area contributed by atoms with Crippen LogP contribution in [0.1, 0.15) is 23.6 Å². The summed E-state index contributed by atoms with van der Waals surface area (Å²) in [6.45, 7) is 23.0. The maximum Gasteiger partial charge on any atom is 0.253 e. The van der Waals surface area contributed by atoms with Gasteiger partial charge in [-0.15, -0.1) is 0 Å². The maximum atomic E-state index is 7.44.